The van der Waals surface area contributed by atoms with E-state index < -0.39 is 10.0 Å². The normalized spacial score (nSPS) is 11.4. The molecule has 0 amide bonds. The Hall–Kier alpha value is -1.27. The summed E-state index contributed by atoms with van der Waals surface area (Å²) in [4.78, 5) is 2.00. The van der Waals surface area contributed by atoms with Crippen LogP contribution in [0.1, 0.15) is 0 Å². The predicted octanol–water partition coefficient (Wildman–Crippen LogP) is 0.243. The number of nitrogen functional groups attached to an aromatic ring is 1. The molecule has 0 atom stereocenters. The van der Waals surface area contributed by atoms with E-state index in [0.717, 1.165) is 5.69 Å². The molecule has 0 aliphatic heterocycles. The monoisotopic (exact) mass is 229 g/mol. The zero-order valence-electron chi connectivity index (χ0n) is 8.98. The summed E-state index contributed by atoms with van der Waals surface area (Å²) in [5.74, 6) is 0. The van der Waals surface area contributed by atoms with E-state index in [4.69, 9.17) is 5.73 Å². The van der Waals surface area contributed by atoms with Gasteiger partial charge < -0.3 is 10.6 Å². The molecule has 6 heteroatoms. The molecule has 0 bridgehead atoms. The molecule has 0 fully saturated rings. The molecule has 0 aliphatic carbocycles. The van der Waals surface area contributed by atoms with E-state index in [-0.39, 0.29) is 4.90 Å². The van der Waals surface area contributed by atoms with Gasteiger partial charge in [-0.15, -0.1) is 0 Å². The Morgan fingerprint density at radius 3 is 2.33 bits per heavy atom. The van der Waals surface area contributed by atoms with Gasteiger partial charge in [0.15, 0.2) is 0 Å². The number of hydrogen-bond donors (Lipinski definition) is 2. The predicted molar refractivity (Wildman–Crippen MR) is 61.4 cm³/mol. The highest BCUT2D eigenvalue weighted by Crippen LogP contribution is 2.24. The van der Waals surface area contributed by atoms with Gasteiger partial charge in [-0.2, -0.15) is 0 Å². The molecule has 0 saturated carbocycles. The molecule has 0 spiro atoms. The van der Waals surface area contributed by atoms with Crippen LogP contribution in [0.5, 0.6) is 0 Å². The molecule has 1 aromatic carbocycles. The van der Waals surface area contributed by atoms with Crippen LogP contribution in [0.2, 0.25) is 0 Å². The smallest absolute Gasteiger partial charge is 0.240 e. The maximum Gasteiger partial charge on any atom is 0.240 e. The maximum atomic E-state index is 11.5. The quantitative estimate of drug-likeness (QED) is 0.728. The van der Waals surface area contributed by atoms with Crippen molar-refractivity contribution in [1.29, 1.82) is 0 Å². The summed E-state index contributed by atoms with van der Waals surface area (Å²) < 4.78 is 25.1. The molecular formula is C9H15N3O2S. The summed E-state index contributed by atoms with van der Waals surface area (Å²) in [5, 5.41) is 0. The Bertz CT molecular complexity index is 454. The second-order valence-electron chi connectivity index (χ2n) is 3.32. The van der Waals surface area contributed by atoms with E-state index in [0.29, 0.717) is 5.69 Å². The van der Waals surface area contributed by atoms with Crippen LogP contribution < -0.4 is 15.4 Å². The van der Waals surface area contributed by atoms with E-state index in [1.165, 1.54) is 19.2 Å². The van der Waals surface area contributed by atoms with E-state index in [1.54, 1.807) is 6.07 Å². The first-order valence-corrected chi connectivity index (χ1v) is 5.87. The second kappa shape index (κ2) is 4.08. The van der Waals surface area contributed by atoms with Crippen LogP contribution in [0.15, 0.2) is 23.1 Å². The van der Waals surface area contributed by atoms with Crippen molar-refractivity contribution >= 4 is 21.4 Å². The number of anilines is 2. The van der Waals surface area contributed by atoms with Crippen molar-refractivity contribution < 1.29 is 8.42 Å². The van der Waals surface area contributed by atoms with Crippen LogP contribution in [-0.4, -0.2) is 29.6 Å². The standard InChI is InChI=1S/C9H15N3O2S/c1-11-15(13,14)7-4-5-9(12(2)3)8(10)6-7/h4-6,11H,10H2,1-3H3. The summed E-state index contributed by atoms with van der Waals surface area (Å²) in [6, 6.07) is 4.65. The van der Waals surface area contributed by atoms with Gasteiger partial charge in [-0.1, -0.05) is 0 Å². The molecular weight excluding hydrogens is 214 g/mol. The first-order chi connectivity index (χ1) is 6.88. The van der Waals surface area contributed by atoms with Crippen molar-refractivity contribution in [2.24, 2.45) is 0 Å². The lowest BCUT2D eigenvalue weighted by atomic mass is 10.2. The summed E-state index contributed by atoms with van der Waals surface area (Å²) >= 11 is 0. The van der Waals surface area contributed by atoms with Gasteiger partial charge in [0, 0.05) is 14.1 Å². The first kappa shape index (κ1) is 11.8. The molecule has 15 heavy (non-hydrogen) atoms. The minimum Gasteiger partial charge on any atom is -0.397 e. The highest BCUT2D eigenvalue weighted by molar-refractivity contribution is 7.89. The SMILES string of the molecule is CNS(=O)(=O)c1ccc(N(C)C)c(N)c1. The zero-order chi connectivity index (χ0) is 11.6. The minimum atomic E-state index is -3.41. The summed E-state index contributed by atoms with van der Waals surface area (Å²) in [5.41, 5.74) is 6.98. The van der Waals surface area contributed by atoms with Crippen molar-refractivity contribution in [1.82, 2.24) is 4.72 Å². The number of nitrogens with two attached hydrogens (primary N) is 1. The lowest BCUT2D eigenvalue weighted by molar-refractivity contribution is 0.588. The fourth-order valence-corrected chi connectivity index (χ4v) is 1.99. The maximum absolute atomic E-state index is 11.5. The average Bonchev–Trinajstić information content (AvgIpc) is 2.17. The number of nitrogens with zero attached hydrogens (tertiary/aromatic N) is 1. The van der Waals surface area contributed by atoms with Gasteiger partial charge in [-0.3, -0.25) is 0 Å². The number of nitrogens with one attached hydrogen (secondary N) is 1. The summed E-state index contributed by atoms with van der Waals surface area (Å²) in [6.45, 7) is 0. The number of rotatable bonds is 3. The number of hydrogen-bond acceptors (Lipinski definition) is 4. The van der Waals surface area contributed by atoms with E-state index >= 15 is 0 Å². The van der Waals surface area contributed by atoms with Crippen LogP contribution in [0.3, 0.4) is 0 Å². The lowest BCUT2D eigenvalue weighted by Gasteiger charge is -2.15. The number of sulfonamides is 1. The van der Waals surface area contributed by atoms with E-state index in [9.17, 15) is 8.42 Å². The Kier molecular flexibility index (Phi) is 3.21. The van der Waals surface area contributed by atoms with Crippen molar-refractivity contribution in [3.63, 3.8) is 0 Å². The zero-order valence-corrected chi connectivity index (χ0v) is 9.80. The van der Waals surface area contributed by atoms with E-state index in [2.05, 4.69) is 4.72 Å². The molecule has 5 nitrogen and oxygen atoms in total. The molecule has 1 rings (SSSR count). The van der Waals surface area contributed by atoms with Gasteiger partial charge in [0.25, 0.3) is 0 Å². The second-order valence-corrected chi connectivity index (χ2v) is 5.21. The van der Waals surface area contributed by atoms with Crippen LogP contribution in [0, 0.1) is 0 Å². The Morgan fingerprint density at radius 2 is 1.93 bits per heavy atom. The molecule has 0 heterocycles. The van der Waals surface area contributed by atoms with Gasteiger partial charge in [0.2, 0.25) is 10.0 Å². The van der Waals surface area contributed by atoms with Crippen molar-refractivity contribution in [2.45, 2.75) is 4.90 Å². The van der Waals surface area contributed by atoms with Gasteiger partial charge in [-0.05, 0) is 25.2 Å². The fraction of sp³-hybridized carbons (Fsp3) is 0.333. The molecule has 0 radical (unpaired) electrons. The number of benzene rings is 1. The Labute approximate surface area is 89.9 Å². The Balaban J connectivity index is 3.24. The highest BCUT2D eigenvalue weighted by atomic mass is 32.2. The minimum absolute atomic E-state index is 0.174. The highest BCUT2D eigenvalue weighted by Gasteiger charge is 2.13. The van der Waals surface area contributed by atoms with Crippen molar-refractivity contribution in [3.05, 3.63) is 18.2 Å². The third-order valence-electron chi connectivity index (χ3n) is 2.06. The third-order valence-corrected chi connectivity index (χ3v) is 3.47. The third kappa shape index (κ3) is 2.40. The average molecular weight is 229 g/mol. The summed E-state index contributed by atoms with van der Waals surface area (Å²) in [6.07, 6.45) is 0. The van der Waals surface area contributed by atoms with E-state index in [1.807, 2.05) is 19.0 Å². The van der Waals surface area contributed by atoms with Gasteiger partial charge in [0.05, 0.1) is 16.3 Å². The van der Waals surface area contributed by atoms with Crippen LogP contribution in [0.4, 0.5) is 11.4 Å². The molecule has 0 saturated heterocycles. The van der Waals surface area contributed by atoms with Crippen molar-refractivity contribution in [3.8, 4) is 0 Å². The summed E-state index contributed by atoms with van der Waals surface area (Å²) in [7, 11) is 1.65. The molecule has 3 N–H and O–H groups in total. The first-order valence-electron chi connectivity index (χ1n) is 4.39. The van der Waals surface area contributed by atoms with Crippen molar-refractivity contribution in [2.75, 3.05) is 31.8 Å². The van der Waals surface area contributed by atoms with Crippen LogP contribution in [-0.2, 0) is 10.0 Å². The molecule has 1 aromatic rings. The molecule has 0 aromatic heterocycles. The van der Waals surface area contributed by atoms with Crippen LogP contribution in [0.25, 0.3) is 0 Å². The van der Waals surface area contributed by atoms with Gasteiger partial charge in [0.1, 0.15) is 0 Å². The molecule has 0 unspecified atom stereocenters. The van der Waals surface area contributed by atoms with Gasteiger partial charge in [-0.25, -0.2) is 13.1 Å². The Morgan fingerprint density at radius 1 is 1.33 bits per heavy atom. The van der Waals surface area contributed by atoms with Crippen LogP contribution >= 0.6 is 0 Å². The lowest BCUT2D eigenvalue weighted by Crippen LogP contribution is -2.19. The largest absolute Gasteiger partial charge is 0.397 e. The molecule has 0 aliphatic rings. The fourth-order valence-electron chi connectivity index (χ4n) is 1.22. The van der Waals surface area contributed by atoms with Gasteiger partial charge >= 0.3 is 0 Å². The topological polar surface area (TPSA) is 75.4 Å². The molecule has 84 valence electrons.